The average Bonchev–Trinajstić information content (AvgIpc) is 2.33. The third kappa shape index (κ3) is 3.24. The van der Waals surface area contributed by atoms with E-state index in [1.807, 2.05) is 12.1 Å². The lowest BCUT2D eigenvalue weighted by atomic mass is 10.0. The van der Waals surface area contributed by atoms with E-state index in [1.54, 1.807) is 12.3 Å². The fourth-order valence-corrected chi connectivity index (χ4v) is 1.10. The van der Waals surface area contributed by atoms with Crippen LogP contribution in [0.1, 0.15) is 5.69 Å². The lowest BCUT2D eigenvalue weighted by Crippen LogP contribution is -2.54. The normalized spacial score (nSPS) is 11.7. The number of rotatable bonds is 6. The fraction of sp³-hybridized carbons (Fsp3) is 0.500. The van der Waals surface area contributed by atoms with Crippen molar-refractivity contribution in [1.29, 1.82) is 0 Å². The van der Waals surface area contributed by atoms with Crippen molar-refractivity contribution in [2.45, 2.75) is 12.1 Å². The number of pyridine rings is 1. The van der Waals surface area contributed by atoms with Gasteiger partial charge < -0.3 is 15.3 Å². The molecule has 0 radical (unpaired) electrons. The molecule has 84 valence electrons. The van der Waals surface area contributed by atoms with Crippen molar-refractivity contribution in [2.24, 2.45) is 0 Å². The summed E-state index contributed by atoms with van der Waals surface area (Å²) in [5.41, 5.74) is -0.255. The molecule has 0 bridgehead atoms. The van der Waals surface area contributed by atoms with Crippen LogP contribution in [0.15, 0.2) is 24.4 Å². The molecule has 0 atom stereocenters. The molecule has 0 spiro atoms. The molecule has 0 saturated heterocycles. The van der Waals surface area contributed by atoms with Crippen LogP contribution in [0.5, 0.6) is 0 Å². The zero-order valence-corrected chi connectivity index (χ0v) is 8.43. The second-order valence-electron chi connectivity index (χ2n) is 3.43. The van der Waals surface area contributed by atoms with Crippen LogP contribution in [0.3, 0.4) is 0 Å². The van der Waals surface area contributed by atoms with Crippen molar-refractivity contribution in [1.82, 2.24) is 10.3 Å². The largest absolute Gasteiger partial charge is 0.394 e. The highest BCUT2D eigenvalue weighted by atomic mass is 16.3. The fourth-order valence-electron chi connectivity index (χ4n) is 1.10. The summed E-state index contributed by atoms with van der Waals surface area (Å²) in [5.74, 6) is 0. The molecule has 0 aromatic carbocycles. The van der Waals surface area contributed by atoms with E-state index in [-0.39, 0.29) is 19.8 Å². The predicted octanol–water partition coefficient (Wildman–Crippen LogP) is -1.11. The van der Waals surface area contributed by atoms with E-state index in [2.05, 4.69) is 10.3 Å². The van der Waals surface area contributed by atoms with Crippen molar-refractivity contribution in [3.63, 3.8) is 0 Å². The van der Waals surface area contributed by atoms with Crippen molar-refractivity contribution >= 4 is 0 Å². The van der Waals surface area contributed by atoms with E-state index in [4.69, 9.17) is 15.3 Å². The van der Waals surface area contributed by atoms with Crippen LogP contribution >= 0.6 is 0 Å². The van der Waals surface area contributed by atoms with Gasteiger partial charge in [-0.1, -0.05) is 6.07 Å². The Morgan fingerprint density at radius 2 is 1.80 bits per heavy atom. The number of aromatic nitrogens is 1. The Balaban J connectivity index is 2.54. The molecule has 4 N–H and O–H groups in total. The number of aliphatic hydroxyl groups excluding tert-OH is 3. The Labute approximate surface area is 88.4 Å². The molecule has 1 aromatic heterocycles. The van der Waals surface area contributed by atoms with Crippen molar-refractivity contribution in [2.75, 3.05) is 19.8 Å². The van der Waals surface area contributed by atoms with Gasteiger partial charge in [-0.15, -0.1) is 0 Å². The highest BCUT2D eigenvalue weighted by molar-refractivity contribution is 5.04. The van der Waals surface area contributed by atoms with Gasteiger partial charge in [0.25, 0.3) is 0 Å². The molecule has 1 heterocycles. The van der Waals surface area contributed by atoms with Crippen LogP contribution < -0.4 is 5.32 Å². The van der Waals surface area contributed by atoms with Crippen molar-refractivity contribution in [3.8, 4) is 0 Å². The summed E-state index contributed by atoms with van der Waals surface area (Å²) in [6.45, 7) is -0.588. The third-order valence-corrected chi connectivity index (χ3v) is 2.28. The van der Waals surface area contributed by atoms with E-state index in [0.717, 1.165) is 5.69 Å². The smallest absolute Gasteiger partial charge is 0.0884 e. The minimum atomic E-state index is -1.04. The SMILES string of the molecule is OCC(CO)(CO)NCc1ccccn1. The van der Waals surface area contributed by atoms with Gasteiger partial charge in [0.2, 0.25) is 0 Å². The van der Waals surface area contributed by atoms with Crippen molar-refractivity contribution < 1.29 is 15.3 Å². The number of nitrogens with zero attached hydrogens (tertiary/aromatic N) is 1. The van der Waals surface area contributed by atoms with Gasteiger partial charge in [0.1, 0.15) is 0 Å². The summed E-state index contributed by atoms with van der Waals surface area (Å²) in [6.07, 6.45) is 1.66. The van der Waals surface area contributed by atoms with E-state index in [9.17, 15) is 0 Å². The first-order valence-electron chi connectivity index (χ1n) is 4.74. The molecule has 0 amide bonds. The summed E-state index contributed by atoms with van der Waals surface area (Å²) in [7, 11) is 0. The maximum absolute atomic E-state index is 9.05. The molecule has 5 heteroatoms. The molecule has 1 aromatic rings. The summed E-state index contributed by atoms with van der Waals surface area (Å²) in [4.78, 5) is 4.08. The Kier molecular flexibility index (Phi) is 4.64. The molecular weight excluding hydrogens is 196 g/mol. The maximum Gasteiger partial charge on any atom is 0.0884 e. The summed E-state index contributed by atoms with van der Waals surface area (Å²) in [5, 5.41) is 30.0. The van der Waals surface area contributed by atoms with Crippen LogP contribution in [0.25, 0.3) is 0 Å². The van der Waals surface area contributed by atoms with Crippen LogP contribution in [0.2, 0.25) is 0 Å². The second kappa shape index (κ2) is 5.77. The molecule has 0 aliphatic heterocycles. The van der Waals surface area contributed by atoms with Crippen LogP contribution in [0, 0.1) is 0 Å². The van der Waals surface area contributed by atoms with Crippen LogP contribution in [0.4, 0.5) is 0 Å². The van der Waals surface area contributed by atoms with Gasteiger partial charge in [-0.05, 0) is 12.1 Å². The van der Waals surface area contributed by atoms with Crippen LogP contribution in [-0.2, 0) is 6.54 Å². The molecule has 0 aliphatic rings. The van der Waals surface area contributed by atoms with Gasteiger partial charge in [0, 0.05) is 12.7 Å². The van der Waals surface area contributed by atoms with Gasteiger partial charge in [0.05, 0.1) is 31.1 Å². The number of hydrogen-bond acceptors (Lipinski definition) is 5. The predicted molar refractivity (Wildman–Crippen MR) is 55.1 cm³/mol. The van der Waals surface area contributed by atoms with Crippen molar-refractivity contribution in [3.05, 3.63) is 30.1 Å². The first kappa shape index (κ1) is 12.1. The molecule has 0 aliphatic carbocycles. The molecule has 0 unspecified atom stereocenters. The molecule has 5 nitrogen and oxygen atoms in total. The highest BCUT2D eigenvalue weighted by Gasteiger charge is 2.26. The monoisotopic (exact) mass is 212 g/mol. The van der Waals surface area contributed by atoms with Gasteiger partial charge in [-0.2, -0.15) is 0 Å². The summed E-state index contributed by atoms with van der Waals surface area (Å²) >= 11 is 0. The molecule has 1 rings (SSSR count). The standard InChI is InChI=1S/C10H16N2O3/c13-6-10(7-14,8-15)12-5-9-3-1-2-4-11-9/h1-4,12-15H,5-8H2. The molecular formula is C10H16N2O3. The Bertz CT molecular complexity index is 267. The first-order chi connectivity index (χ1) is 7.26. The number of hydrogen-bond donors (Lipinski definition) is 4. The minimum Gasteiger partial charge on any atom is -0.394 e. The molecule has 0 saturated carbocycles. The van der Waals surface area contributed by atoms with Gasteiger partial charge in [-0.3, -0.25) is 10.3 Å². The summed E-state index contributed by atoms with van der Waals surface area (Å²) < 4.78 is 0. The molecule has 15 heavy (non-hydrogen) atoms. The summed E-state index contributed by atoms with van der Waals surface area (Å²) in [6, 6.07) is 5.48. The molecule has 0 fully saturated rings. The Hall–Kier alpha value is -1.01. The first-order valence-corrected chi connectivity index (χ1v) is 4.74. The van der Waals surface area contributed by atoms with E-state index >= 15 is 0 Å². The maximum atomic E-state index is 9.05. The van der Waals surface area contributed by atoms with Gasteiger partial charge in [0.15, 0.2) is 0 Å². The van der Waals surface area contributed by atoms with E-state index < -0.39 is 5.54 Å². The Morgan fingerprint density at radius 1 is 1.13 bits per heavy atom. The zero-order valence-electron chi connectivity index (χ0n) is 8.43. The minimum absolute atomic E-state index is 0.327. The number of nitrogens with one attached hydrogen (secondary N) is 1. The average molecular weight is 212 g/mol. The quantitative estimate of drug-likeness (QED) is 0.480. The second-order valence-corrected chi connectivity index (χ2v) is 3.43. The topological polar surface area (TPSA) is 85.6 Å². The lowest BCUT2D eigenvalue weighted by molar-refractivity contribution is 0.0411. The third-order valence-electron chi connectivity index (χ3n) is 2.28. The van der Waals surface area contributed by atoms with E-state index in [1.165, 1.54) is 0 Å². The number of aliphatic hydroxyl groups is 3. The van der Waals surface area contributed by atoms with E-state index in [0.29, 0.717) is 6.54 Å². The van der Waals surface area contributed by atoms with Gasteiger partial charge in [-0.25, -0.2) is 0 Å². The van der Waals surface area contributed by atoms with Crippen LogP contribution in [-0.4, -0.2) is 45.7 Å². The highest BCUT2D eigenvalue weighted by Crippen LogP contribution is 2.03. The van der Waals surface area contributed by atoms with Gasteiger partial charge >= 0.3 is 0 Å². The lowest BCUT2D eigenvalue weighted by Gasteiger charge is -2.28. The zero-order chi connectivity index (χ0) is 11.1. The Morgan fingerprint density at radius 3 is 2.27 bits per heavy atom.